The highest BCUT2D eigenvalue weighted by atomic mass is 16.6. The standard InChI is InChI=1S/C68H118O6/c1-4-7-10-13-16-19-22-24-26-28-30-31-32-33-34-35-36-37-39-40-42-44-46-49-52-55-58-61-67(70)73-64-65(63-72-66(69)60-57-54-51-48-21-18-15-12-9-6-3)74-68(71)62-59-56-53-50-47-45-43-41-38-29-27-25-23-20-17-14-11-8-5-2/h7,10,16-17,19-20,24-27,30-31,38,41,65H,4-6,8-9,11-15,18,21-23,28-29,32-37,39-40,42-64H2,1-3H3/b10-7-,19-16-,20-17-,26-24-,27-25-,31-30-,41-38-. The molecule has 0 amide bonds. The molecule has 0 heterocycles. The van der Waals surface area contributed by atoms with Crippen molar-refractivity contribution in [2.24, 2.45) is 0 Å². The number of allylic oxidation sites excluding steroid dienone is 14. The summed E-state index contributed by atoms with van der Waals surface area (Å²) in [5.41, 5.74) is 0. The van der Waals surface area contributed by atoms with E-state index in [4.69, 9.17) is 14.2 Å². The molecule has 0 aromatic heterocycles. The maximum absolute atomic E-state index is 12.9. The zero-order chi connectivity index (χ0) is 53.6. The second-order valence-electron chi connectivity index (χ2n) is 20.9. The topological polar surface area (TPSA) is 78.9 Å². The molecule has 0 radical (unpaired) electrons. The minimum Gasteiger partial charge on any atom is -0.462 e. The van der Waals surface area contributed by atoms with Gasteiger partial charge in [0.25, 0.3) is 0 Å². The molecule has 6 nitrogen and oxygen atoms in total. The Hall–Kier alpha value is -3.41. The number of hydrogen-bond acceptors (Lipinski definition) is 6. The van der Waals surface area contributed by atoms with Gasteiger partial charge in [-0.3, -0.25) is 14.4 Å². The van der Waals surface area contributed by atoms with Crippen molar-refractivity contribution in [3.63, 3.8) is 0 Å². The van der Waals surface area contributed by atoms with Crippen LogP contribution < -0.4 is 0 Å². The van der Waals surface area contributed by atoms with E-state index in [1.54, 1.807) is 0 Å². The fourth-order valence-corrected chi connectivity index (χ4v) is 8.91. The molecule has 0 rings (SSSR count). The number of esters is 3. The minimum atomic E-state index is -0.782. The average molecular weight is 1030 g/mol. The minimum absolute atomic E-state index is 0.0787. The molecule has 426 valence electrons. The number of hydrogen-bond donors (Lipinski definition) is 0. The smallest absolute Gasteiger partial charge is 0.306 e. The molecule has 0 spiro atoms. The Kier molecular flexibility index (Phi) is 59.3. The molecule has 6 heteroatoms. The molecule has 0 N–H and O–H groups in total. The molecule has 0 bridgehead atoms. The molecule has 0 aliphatic heterocycles. The number of carbonyl (C=O) groups excluding carboxylic acids is 3. The number of rotatable bonds is 57. The molecule has 1 atom stereocenters. The van der Waals surface area contributed by atoms with Crippen LogP contribution in [0.15, 0.2) is 85.1 Å². The van der Waals surface area contributed by atoms with Crippen molar-refractivity contribution in [3.8, 4) is 0 Å². The van der Waals surface area contributed by atoms with Gasteiger partial charge >= 0.3 is 17.9 Å². The van der Waals surface area contributed by atoms with Crippen LogP contribution in [0.1, 0.15) is 310 Å². The van der Waals surface area contributed by atoms with Crippen LogP contribution in [0.25, 0.3) is 0 Å². The lowest BCUT2D eigenvalue weighted by Gasteiger charge is -2.18. The van der Waals surface area contributed by atoms with Crippen LogP contribution in [0.4, 0.5) is 0 Å². The summed E-state index contributed by atoms with van der Waals surface area (Å²) in [6.07, 6.45) is 81.6. The van der Waals surface area contributed by atoms with Crippen LogP contribution in [0.5, 0.6) is 0 Å². The molecule has 0 saturated carbocycles. The third-order valence-electron chi connectivity index (χ3n) is 13.6. The predicted octanol–water partition coefficient (Wildman–Crippen LogP) is 21.5. The van der Waals surface area contributed by atoms with Gasteiger partial charge in [-0.25, -0.2) is 0 Å². The van der Waals surface area contributed by atoms with Crippen LogP contribution in [-0.2, 0) is 28.6 Å². The van der Waals surface area contributed by atoms with Gasteiger partial charge < -0.3 is 14.2 Å². The molecule has 0 aromatic rings. The summed E-state index contributed by atoms with van der Waals surface area (Å²) in [5.74, 6) is -0.882. The quantitative estimate of drug-likeness (QED) is 0.0261. The number of ether oxygens (including phenoxy) is 3. The molecule has 74 heavy (non-hydrogen) atoms. The van der Waals surface area contributed by atoms with Crippen molar-refractivity contribution in [3.05, 3.63) is 85.1 Å². The largest absolute Gasteiger partial charge is 0.462 e. The van der Waals surface area contributed by atoms with Gasteiger partial charge in [0.05, 0.1) is 0 Å². The summed E-state index contributed by atoms with van der Waals surface area (Å²) in [6, 6.07) is 0. The lowest BCUT2D eigenvalue weighted by molar-refractivity contribution is -0.167. The van der Waals surface area contributed by atoms with Crippen LogP contribution in [0.3, 0.4) is 0 Å². The lowest BCUT2D eigenvalue weighted by atomic mass is 10.0. The number of unbranched alkanes of at least 4 members (excludes halogenated alkanes) is 32. The maximum atomic E-state index is 12.9. The van der Waals surface area contributed by atoms with E-state index in [2.05, 4.69) is 106 Å². The first-order chi connectivity index (χ1) is 36.5. The predicted molar refractivity (Wildman–Crippen MR) is 321 cm³/mol. The van der Waals surface area contributed by atoms with Crippen LogP contribution in [0, 0.1) is 0 Å². The Morgan fingerprint density at radius 3 is 0.851 bits per heavy atom. The summed E-state index contributed by atoms with van der Waals surface area (Å²) in [7, 11) is 0. The summed E-state index contributed by atoms with van der Waals surface area (Å²) in [4.78, 5) is 38.2. The van der Waals surface area contributed by atoms with E-state index < -0.39 is 6.10 Å². The second-order valence-corrected chi connectivity index (χ2v) is 20.9. The van der Waals surface area contributed by atoms with Gasteiger partial charge in [0.1, 0.15) is 13.2 Å². The van der Waals surface area contributed by atoms with Gasteiger partial charge in [-0.2, -0.15) is 0 Å². The average Bonchev–Trinajstić information content (AvgIpc) is 3.40. The third-order valence-corrected chi connectivity index (χ3v) is 13.6. The summed E-state index contributed by atoms with van der Waals surface area (Å²) >= 11 is 0. The summed E-state index contributed by atoms with van der Waals surface area (Å²) in [6.45, 7) is 6.50. The SMILES string of the molecule is CC/C=C\C/C=C\C/C=C\C/C=C\CCCCCCCCCCCCCCCCC(=O)OCC(COC(=O)CCCCCCCCCCCC)OC(=O)CCCCCCCC/C=C\C/C=C\C/C=C\CCCCC. The van der Waals surface area contributed by atoms with Crippen molar-refractivity contribution in [2.75, 3.05) is 13.2 Å². The fraction of sp³-hybridized carbons (Fsp3) is 0.750. The van der Waals surface area contributed by atoms with Crippen molar-refractivity contribution in [1.82, 2.24) is 0 Å². The van der Waals surface area contributed by atoms with Gasteiger partial charge in [-0.1, -0.05) is 279 Å². The first-order valence-corrected chi connectivity index (χ1v) is 31.6. The van der Waals surface area contributed by atoms with Gasteiger partial charge in [0.15, 0.2) is 6.10 Å². The van der Waals surface area contributed by atoms with Gasteiger partial charge in [-0.15, -0.1) is 0 Å². The highest BCUT2D eigenvalue weighted by Gasteiger charge is 2.19. The van der Waals surface area contributed by atoms with E-state index in [-0.39, 0.29) is 31.1 Å². The Bertz CT molecular complexity index is 1420. The molecule has 0 aliphatic rings. The van der Waals surface area contributed by atoms with E-state index in [9.17, 15) is 14.4 Å². The normalized spacial score (nSPS) is 12.6. The van der Waals surface area contributed by atoms with E-state index in [1.807, 2.05) is 0 Å². The van der Waals surface area contributed by atoms with E-state index in [0.29, 0.717) is 19.3 Å². The van der Waals surface area contributed by atoms with Crippen molar-refractivity contribution in [2.45, 2.75) is 316 Å². The first-order valence-electron chi connectivity index (χ1n) is 31.6. The number of carbonyl (C=O) groups is 3. The Morgan fingerprint density at radius 2 is 0.527 bits per heavy atom. The van der Waals surface area contributed by atoms with Gasteiger partial charge in [-0.05, 0) is 96.3 Å². The summed E-state index contributed by atoms with van der Waals surface area (Å²) < 4.78 is 16.9. The molecule has 0 aromatic carbocycles. The van der Waals surface area contributed by atoms with Crippen molar-refractivity contribution < 1.29 is 28.6 Å². The summed E-state index contributed by atoms with van der Waals surface area (Å²) in [5, 5.41) is 0. The van der Waals surface area contributed by atoms with Gasteiger partial charge in [0.2, 0.25) is 0 Å². The molecule has 0 fully saturated rings. The van der Waals surface area contributed by atoms with E-state index in [0.717, 1.165) is 109 Å². The Balaban J connectivity index is 4.23. The van der Waals surface area contributed by atoms with Crippen LogP contribution >= 0.6 is 0 Å². The fourth-order valence-electron chi connectivity index (χ4n) is 8.91. The highest BCUT2D eigenvalue weighted by molar-refractivity contribution is 5.71. The molecule has 0 aliphatic carbocycles. The zero-order valence-corrected chi connectivity index (χ0v) is 48.8. The van der Waals surface area contributed by atoms with Gasteiger partial charge in [0, 0.05) is 19.3 Å². The van der Waals surface area contributed by atoms with Crippen molar-refractivity contribution >= 4 is 17.9 Å². The lowest BCUT2D eigenvalue weighted by Crippen LogP contribution is -2.30. The molecular weight excluding hydrogens is 913 g/mol. The van der Waals surface area contributed by atoms with Crippen molar-refractivity contribution in [1.29, 1.82) is 0 Å². The second kappa shape index (κ2) is 62.1. The maximum Gasteiger partial charge on any atom is 0.306 e. The molecular formula is C68H118O6. The van der Waals surface area contributed by atoms with E-state index in [1.165, 1.54) is 161 Å². The first kappa shape index (κ1) is 70.6. The highest BCUT2D eigenvalue weighted by Crippen LogP contribution is 2.16. The van der Waals surface area contributed by atoms with Crippen LogP contribution in [-0.4, -0.2) is 37.2 Å². The molecule has 0 saturated heterocycles. The third kappa shape index (κ3) is 59.5. The zero-order valence-electron chi connectivity index (χ0n) is 48.8. The van der Waals surface area contributed by atoms with Crippen LogP contribution in [0.2, 0.25) is 0 Å². The monoisotopic (exact) mass is 1030 g/mol. The Morgan fingerprint density at radius 1 is 0.284 bits per heavy atom. The molecule has 1 unspecified atom stereocenters. The van der Waals surface area contributed by atoms with E-state index >= 15 is 0 Å². The Labute approximate surface area is 458 Å².